The number of hydrogen-bond acceptors (Lipinski definition) is 4. The fourth-order valence-corrected chi connectivity index (χ4v) is 1.61. The molecular formula is C12H11N3O3. The lowest BCUT2D eigenvalue weighted by molar-refractivity contribution is -0.384. The molecule has 0 fully saturated rings. The molecule has 0 spiro atoms. The van der Waals surface area contributed by atoms with E-state index in [9.17, 15) is 14.9 Å². The monoisotopic (exact) mass is 245 g/mol. The summed E-state index contributed by atoms with van der Waals surface area (Å²) in [5, 5.41) is 10.6. The number of carbonyl (C=O) groups excluding carboxylic acids is 1. The second-order valence-electron chi connectivity index (χ2n) is 3.83. The van der Waals surface area contributed by atoms with Crippen LogP contribution >= 0.6 is 0 Å². The van der Waals surface area contributed by atoms with Crippen LogP contribution in [0.25, 0.3) is 0 Å². The molecule has 1 heterocycles. The van der Waals surface area contributed by atoms with Gasteiger partial charge in [0.05, 0.1) is 11.5 Å². The molecule has 1 aromatic heterocycles. The van der Waals surface area contributed by atoms with Crippen molar-refractivity contribution in [3.05, 3.63) is 58.2 Å². The van der Waals surface area contributed by atoms with Crippen molar-refractivity contribution >= 4 is 11.5 Å². The number of benzene rings is 1. The Morgan fingerprint density at radius 2 is 2.28 bits per heavy atom. The third-order valence-corrected chi connectivity index (χ3v) is 2.62. The molecule has 0 amide bonds. The Bertz CT molecular complexity index is 604. The van der Waals surface area contributed by atoms with E-state index >= 15 is 0 Å². The maximum Gasteiger partial charge on any atom is 0.270 e. The zero-order valence-electron chi connectivity index (χ0n) is 9.74. The summed E-state index contributed by atoms with van der Waals surface area (Å²) >= 11 is 0. The van der Waals surface area contributed by atoms with E-state index in [2.05, 4.69) is 4.98 Å². The quantitative estimate of drug-likeness (QED) is 0.468. The van der Waals surface area contributed by atoms with Gasteiger partial charge in [-0.05, 0) is 6.92 Å². The van der Waals surface area contributed by atoms with Crippen LogP contribution in [0.1, 0.15) is 16.2 Å². The number of Topliss-reactive ketones (excluding diaryl/α,β-unsaturated/α-hetero) is 1. The van der Waals surface area contributed by atoms with E-state index in [1.807, 2.05) is 0 Å². The maximum absolute atomic E-state index is 12.0. The lowest BCUT2D eigenvalue weighted by Crippen LogP contribution is -2.11. The van der Waals surface area contributed by atoms with Crippen molar-refractivity contribution in [3.8, 4) is 0 Å². The van der Waals surface area contributed by atoms with Crippen LogP contribution in [0.15, 0.2) is 36.7 Å². The van der Waals surface area contributed by atoms with E-state index in [4.69, 9.17) is 0 Å². The molecular weight excluding hydrogens is 234 g/mol. The molecule has 0 aliphatic carbocycles. The van der Waals surface area contributed by atoms with Crippen LogP contribution in [0.5, 0.6) is 0 Å². The van der Waals surface area contributed by atoms with Gasteiger partial charge in [0.15, 0.2) is 5.78 Å². The molecule has 0 saturated heterocycles. The summed E-state index contributed by atoms with van der Waals surface area (Å²) in [4.78, 5) is 26.1. The first-order valence-corrected chi connectivity index (χ1v) is 5.33. The standard InChI is InChI=1S/C12H11N3O3/c1-9-13-5-6-14(9)8-12(16)10-3-2-4-11(7-10)15(17)18/h2-7H,8H2,1H3. The van der Waals surface area contributed by atoms with Gasteiger partial charge in [0, 0.05) is 30.1 Å². The topological polar surface area (TPSA) is 78.0 Å². The normalized spacial score (nSPS) is 10.3. The number of rotatable bonds is 4. The number of hydrogen-bond donors (Lipinski definition) is 0. The number of nitro groups is 1. The smallest absolute Gasteiger partial charge is 0.270 e. The van der Waals surface area contributed by atoms with E-state index in [1.165, 1.54) is 18.2 Å². The van der Waals surface area contributed by atoms with Crippen LogP contribution in [-0.4, -0.2) is 20.3 Å². The Balaban J connectivity index is 2.21. The third-order valence-electron chi connectivity index (χ3n) is 2.62. The number of nitro benzene ring substituents is 1. The highest BCUT2D eigenvalue weighted by atomic mass is 16.6. The minimum atomic E-state index is -0.515. The Kier molecular flexibility index (Phi) is 3.18. The molecule has 0 aliphatic heterocycles. The predicted octanol–water partition coefficient (Wildman–Crippen LogP) is 1.98. The number of aromatic nitrogens is 2. The molecule has 2 aromatic rings. The van der Waals surface area contributed by atoms with Crippen molar-refractivity contribution in [1.29, 1.82) is 0 Å². The van der Waals surface area contributed by atoms with Gasteiger partial charge in [-0.15, -0.1) is 0 Å². The predicted molar refractivity (Wildman–Crippen MR) is 64.4 cm³/mol. The van der Waals surface area contributed by atoms with Crippen LogP contribution in [0.2, 0.25) is 0 Å². The molecule has 6 nitrogen and oxygen atoms in total. The summed E-state index contributed by atoms with van der Waals surface area (Å²) in [7, 11) is 0. The van der Waals surface area contributed by atoms with Gasteiger partial charge in [0.2, 0.25) is 0 Å². The summed E-state index contributed by atoms with van der Waals surface area (Å²) < 4.78 is 1.70. The minimum Gasteiger partial charge on any atom is -0.327 e. The first kappa shape index (κ1) is 12.0. The highest BCUT2D eigenvalue weighted by Crippen LogP contribution is 2.14. The van der Waals surface area contributed by atoms with Crippen molar-refractivity contribution in [3.63, 3.8) is 0 Å². The lowest BCUT2D eigenvalue weighted by Gasteiger charge is -2.04. The second-order valence-corrected chi connectivity index (χ2v) is 3.83. The molecule has 0 unspecified atom stereocenters. The zero-order chi connectivity index (χ0) is 13.1. The largest absolute Gasteiger partial charge is 0.327 e. The fourth-order valence-electron chi connectivity index (χ4n) is 1.61. The number of non-ortho nitro benzene ring substituents is 1. The summed E-state index contributed by atoms with van der Waals surface area (Å²) in [5.74, 6) is 0.550. The van der Waals surface area contributed by atoms with Gasteiger partial charge in [-0.2, -0.15) is 0 Å². The molecule has 1 aromatic carbocycles. The van der Waals surface area contributed by atoms with Crippen molar-refractivity contribution in [2.45, 2.75) is 13.5 Å². The van der Waals surface area contributed by atoms with Crippen LogP contribution in [0.4, 0.5) is 5.69 Å². The molecule has 0 aliphatic rings. The fraction of sp³-hybridized carbons (Fsp3) is 0.167. The minimum absolute atomic E-state index is 0.0804. The molecule has 92 valence electrons. The molecule has 0 radical (unpaired) electrons. The third kappa shape index (κ3) is 2.42. The number of aryl methyl sites for hydroxylation is 1. The van der Waals surface area contributed by atoms with Crippen LogP contribution in [-0.2, 0) is 6.54 Å². The van der Waals surface area contributed by atoms with Gasteiger partial charge in [0.25, 0.3) is 5.69 Å². The average molecular weight is 245 g/mol. The molecule has 0 saturated carbocycles. The van der Waals surface area contributed by atoms with E-state index in [1.54, 1.807) is 30.0 Å². The van der Waals surface area contributed by atoms with E-state index in [-0.39, 0.29) is 18.0 Å². The lowest BCUT2D eigenvalue weighted by atomic mass is 10.1. The van der Waals surface area contributed by atoms with Crippen molar-refractivity contribution in [2.24, 2.45) is 0 Å². The van der Waals surface area contributed by atoms with Crippen molar-refractivity contribution in [1.82, 2.24) is 9.55 Å². The van der Waals surface area contributed by atoms with Gasteiger partial charge in [-0.1, -0.05) is 12.1 Å². The number of carbonyl (C=O) groups is 1. The Morgan fingerprint density at radius 3 is 2.89 bits per heavy atom. The van der Waals surface area contributed by atoms with Gasteiger partial charge in [0.1, 0.15) is 5.82 Å². The molecule has 18 heavy (non-hydrogen) atoms. The van der Waals surface area contributed by atoms with E-state index in [0.29, 0.717) is 5.56 Å². The van der Waals surface area contributed by atoms with Crippen LogP contribution < -0.4 is 0 Å². The number of ketones is 1. The summed E-state index contributed by atoms with van der Waals surface area (Å²) in [6.45, 7) is 1.92. The Morgan fingerprint density at radius 1 is 1.50 bits per heavy atom. The number of imidazole rings is 1. The summed E-state index contributed by atoms with van der Waals surface area (Å²) in [5.41, 5.74) is 0.250. The first-order valence-electron chi connectivity index (χ1n) is 5.33. The highest BCUT2D eigenvalue weighted by molar-refractivity contribution is 5.96. The Labute approximate surface area is 103 Å². The summed E-state index contributed by atoms with van der Waals surface area (Å²) in [6, 6.07) is 5.72. The van der Waals surface area contributed by atoms with Gasteiger partial charge >= 0.3 is 0 Å². The molecule has 6 heteroatoms. The highest BCUT2D eigenvalue weighted by Gasteiger charge is 2.12. The first-order chi connectivity index (χ1) is 8.58. The second kappa shape index (κ2) is 4.79. The van der Waals surface area contributed by atoms with Crippen molar-refractivity contribution < 1.29 is 9.72 Å². The summed E-state index contributed by atoms with van der Waals surface area (Å²) in [6.07, 6.45) is 3.31. The van der Waals surface area contributed by atoms with Gasteiger partial charge in [-0.25, -0.2) is 4.98 Å². The molecule has 0 atom stereocenters. The molecule has 2 rings (SSSR count). The molecule has 0 N–H and O–H groups in total. The maximum atomic E-state index is 12.0. The van der Waals surface area contributed by atoms with E-state index < -0.39 is 4.92 Å². The average Bonchev–Trinajstić information content (AvgIpc) is 2.75. The SMILES string of the molecule is Cc1nccn1CC(=O)c1cccc([N+](=O)[O-])c1. The van der Waals surface area contributed by atoms with Gasteiger partial charge < -0.3 is 4.57 Å². The number of nitrogens with zero attached hydrogens (tertiary/aromatic N) is 3. The van der Waals surface area contributed by atoms with Crippen molar-refractivity contribution in [2.75, 3.05) is 0 Å². The zero-order valence-corrected chi connectivity index (χ0v) is 9.74. The van der Waals surface area contributed by atoms with Crippen LogP contribution in [0.3, 0.4) is 0 Å². The van der Waals surface area contributed by atoms with Gasteiger partial charge in [-0.3, -0.25) is 14.9 Å². The van der Waals surface area contributed by atoms with E-state index in [0.717, 1.165) is 5.82 Å². The Hall–Kier alpha value is -2.50. The molecule has 0 bridgehead atoms. The van der Waals surface area contributed by atoms with Crippen LogP contribution in [0, 0.1) is 17.0 Å².